The van der Waals surface area contributed by atoms with Crippen LogP contribution in [0.1, 0.15) is 35.2 Å². The summed E-state index contributed by atoms with van der Waals surface area (Å²) in [7, 11) is -0.781. The number of carboxylic acid groups (broad SMARTS) is 1. The molecule has 0 saturated heterocycles. The highest BCUT2D eigenvalue weighted by Gasteiger charge is 2.13. The first-order valence-electron chi connectivity index (χ1n) is 5.76. The molecule has 0 bridgehead atoms. The van der Waals surface area contributed by atoms with Crippen molar-refractivity contribution < 1.29 is 18.5 Å². The molecule has 102 valence electrons. The number of aromatic carboxylic acids is 1. The third-order valence-electron chi connectivity index (χ3n) is 2.66. The lowest BCUT2D eigenvalue weighted by atomic mass is 10.2. The third kappa shape index (κ3) is 4.62. The molecule has 1 rings (SSSR count). The van der Waals surface area contributed by atoms with Gasteiger partial charge in [0.25, 0.3) is 0 Å². The summed E-state index contributed by atoms with van der Waals surface area (Å²) in [5, 5.41) is 12.1. The van der Waals surface area contributed by atoms with Gasteiger partial charge in [0.05, 0.1) is 6.54 Å². The average Bonchev–Trinajstić information content (AvgIpc) is 2.65. The molecular formula is C12H19NO4S. The Balaban J connectivity index is 2.46. The summed E-state index contributed by atoms with van der Waals surface area (Å²) in [5.41, 5.74) is 0.203. The van der Waals surface area contributed by atoms with Gasteiger partial charge in [0.1, 0.15) is 17.1 Å². The minimum absolute atomic E-state index is 0.203. The highest BCUT2D eigenvalue weighted by Crippen LogP contribution is 2.14. The Labute approximate surface area is 109 Å². The topological polar surface area (TPSA) is 79.5 Å². The molecule has 0 fully saturated rings. The van der Waals surface area contributed by atoms with Crippen molar-refractivity contribution in [3.63, 3.8) is 0 Å². The fraction of sp³-hybridized carbons (Fsp3) is 0.583. The molecule has 1 heterocycles. The monoisotopic (exact) mass is 273 g/mol. The Kier molecular flexibility index (Phi) is 5.55. The number of hydrogen-bond acceptors (Lipinski definition) is 4. The molecule has 0 saturated carbocycles. The first-order chi connectivity index (χ1) is 8.40. The van der Waals surface area contributed by atoms with E-state index in [-0.39, 0.29) is 11.6 Å². The summed E-state index contributed by atoms with van der Waals surface area (Å²) in [6, 6.07) is 1.75. The molecule has 2 atom stereocenters. The van der Waals surface area contributed by atoms with E-state index in [0.717, 1.165) is 6.42 Å². The number of furan rings is 1. The fourth-order valence-corrected chi connectivity index (χ4v) is 2.25. The van der Waals surface area contributed by atoms with Gasteiger partial charge in [-0.15, -0.1) is 0 Å². The van der Waals surface area contributed by atoms with Gasteiger partial charge in [-0.1, -0.05) is 0 Å². The Morgan fingerprint density at radius 3 is 2.78 bits per heavy atom. The standard InChI is InChI=1S/C12H19NO4S/c1-8(4-5-18(3)16)13-7-10-6-11(12(14)15)9(2)17-10/h6,8,13H,4-5,7H2,1-3H3,(H,14,15). The summed E-state index contributed by atoms with van der Waals surface area (Å²) in [4.78, 5) is 10.8. The summed E-state index contributed by atoms with van der Waals surface area (Å²) in [6.07, 6.45) is 2.50. The molecule has 0 amide bonds. The summed E-state index contributed by atoms with van der Waals surface area (Å²) < 4.78 is 16.3. The van der Waals surface area contributed by atoms with E-state index in [2.05, 4.69) is 5.32 Å². The molecule has 1 aromatic rings. The molecule has 0 aliphatic heterocycles. The largest absolute Gasteiger partial charge is 0.478 e. The van der Waals surface area contributed by atoms with E-state index in [1.54, 1.807) is 13.2 Å². The van der Waals surface area contributed by atoms with Crippen LogP contribution in [0, 0.1) is 6.92 Å². The molecule has 0 aromatic carbocycles. The molecule has 18 heavy (non-hydrogen) atoms. The highest BCUT2D eigenvalue weighted by molar-refractivity contribution is 7.84. The Morgan fingerprint density at radius 2 is 2.28 bits per heavy atom. The van der Waals surface area contributed by atoms with Crippen molar-refractivity contribution in [3.05, 3.63) is 23.2 Å². The van der Waals surface area contributed by atoms with E-state index in [1.165, 1.54) is 6.07 Å². The Bertz CT molecular complexity index is 441. The molecule has 0 spiro atoms. The van der Waals surface area contributed by atoms with Crippen LogP contribution in [0.4, 0.5) is 0 Å². The summed E-state index contributed by atoms with van der Waals surface area (Å²) in [5.74, 6) is 0.707. The van der Waals surface area contributed by atoms with Crippen LogP contribution in [0.3, 0.4) is 0 Å². The quantitative estimate of drug-likeness (QED) is 0.787. The number of hydrogen-bond donors (Lipinski definition) is 2. The minimum atomic E-state index is -0.975. The third-order valence-corrected chi connectivity index (χ3v) is 3.47. The van der Waals surface area contributed by atoms with Gasteiger partial charge >= 0.3 is 5.97 Å². The van der Waals surface area contributed by atoms with Gasteiger partial charge in [0.2, 0.25) is 0 Å². The van der Waals surface area contributed by atoms with Gasteiger partial charge in [-0.3, -0.25) is 4.21 Å². The van der Waals surface area contributed by atoms with Crippen molar-refractivity contribution in [2.45, 2.75) is 32.9 Å². The lowest BCUT2D eigenvalue weighted by Gasteiger charge is -2.11. The Hall–Kier alpha value is -1.14. The van der Waals surface area contributed by atoms with Crippen molar-refractivity contribution in [1.29, 1.82) is 0 Å². The van der Waals surface area contributed by atoms with Crippen LogP contribution in [0.25, 0.3) is 0 Å². The number of rotatable bonds is 7. The molecule has 5 nitrogen and oxygen atoms in total. The molecule has 0 radical (unpaired) electrons. The van der Waals surface area contributed by atoms with Crippen molar-refractivity contribution >= 4 is 16.8 Å². The van der Waals surface area contributed by atoms with Crippen LogP contribution in [0.2, 0.25) is 0 Å². The second kappa shape index (κ2) is 6.70. The maximum Gasteiger partial charge on any atom is 0.339 e. The number of carboxylic acids is 1. The maximum absolute atomic E-state index is 10.9. The number of carbonyl (C=O) groups is 1. The van der Waals surface area contributed by atoms with E-state index < -0.39 is 16.8 Å². The minimum Gasteiger partial charge on any atom is -0.478 e. The molecular weight excluding hydrogens is 254 g/mol. The van der Waals surface area contributed by atoms with Gasteiger partial charge in [0, 0.05) is 28.9 Å². The molecule has 1 aromatic heterocycles. The predicted octanol–water partition coefficient (Wildman–Crippen LogP) is 1.53. The van der Waals surface area contributed by atoms with Crippen LogP contribution in [0.15, 0.2) is 10.5 Å². The van der Waals surface area contributed by atoms with Crippen molar-refractivity contribution in [1.82, 2.24) is 5.32 Å². The van der Waals surface area contributed by atoms with Crippen LogP contribution < -0.4 is 5.32 Å². The zero-order valence-corrected chi connectivity index (χ0v) is 11.7. The van der Waals surface area contributed by atoms with Gasteiger partial charge in [-0.05, 0) is 26.3 Å². The van der Waals surface area contributed by atoms with Gasteiger partial charge in [-0.2, -0.15) is 0 Å². The van der Waals surface area contributed by atoms with E-state index in [9.17, 15) is 9.00 Å². The first-order valence-corrected chi connectivity index (χ1v) is 7.49. The van der Waals surface area contributed by atoms with Gasteiger partial charge in [0.15, 0.2) is 0 Å². The van der Waals surface area contributed by atoms with Crippen LogP contribution in [-0.2, 0) is 17.3 Å². The molecule has 0 aliphatic carbocycles. The van der Waals surface area contributed by atoms with Crippen LogP contribution >= 0.6 is 0 Å². The van der Waals surface area contributed by atoms with Crippen molar-refractivity contribution in [3.8, 4) is 0 Å². The van der Waals surface area contributed by atoms with Crippen LogP contribution in [0.5, 0.6) is 0 Å². The van der Waals surface area contributed by atoms with Crippen molar-refractivity contribution in [2.24, 2.45) is 0 Å². The number of aryl methyl sites for hydroxylation is 1. The zero-order valence-electron chi connectivity index (χ0n) is 10.9. The second-order valence-corrected chi connectivity index (χ2v) is 5.89. The number of nitrogens with one attached hydrogen (secondary N) is 1. The lowest BCUT2D eigenvalue weighted by molar-refractivity contribution is 0.0695. The maximum atomic E-state index is 10.9. The lowest BCUT2D eigenvalue weighted by Crippen LogP contribution is -2.26. The molecule has 6 heteroatoms. The summed E-state index contributed by atoms with van der Waals surface area (Å²) in [6.45, 7) is 4.11. The zero-order chi connectivity index (χ0) is 13.7. The van der Waals surface area contributed by atoms with Gasteiger partial charge in [-0.25, -0.2) is 4.79 Å². The molecule has 0 aliphatic rings. The fourth-order valence-electron chi connectivity index (χ4n) is 1.56. The summed E-state index contributed by atoms with van der Waals surface area (Å²) >= 11 is 0. The molecule has 2 unspecified atom stereocenters. The van der Waals surface area contributed by atoms with E-state index in [0.29, 0.717) is 23.8 Å². The van der Waals surface area contributed by atoms with Crippen LogP contribution in [-0.4, -0.2) is 33.3 Å². The van der Waals surface area contributed by atoms with E-state index in [1.807, 2.05) is 6.92 Å². The van der Waals surface area contributed by atoms with E-state index >= 15 is 0 Å². The van der Waals surface area contributed by atoms with Gasteiger partial charge < -0.3 is 14.8 Å². The smallest absolute Gasteiger partial charge is 0.339 e. The van der Waals surface area contributed by atoms with Crippen molar-refractivity contribution in [2.75, 3.05) is 12.0 Å². The highest BCUT2D eigenvalue weighted by atomic mass is 32.2. The second-order valence-electron chi connectivity index (χ2n) is 4.34. The SMILES string of the molecule is Cc1oc(CNC(C)CCS(C)=O)cc1C(=O)O. The molecule has 2 N–H and O–H groups in total. The Morgan fingerprint density at radius 1 is 1.61 bits per heavy atom. The average molecular weight is 273 g/mol. The predicted molar refractivity (Wildman–Crippen MR) is 70.3 cm³/mol. The first kappa shape index (κ1) is 14.9. The van der Waals surface area contributed by atoms with E-state index in [4.69, 9.17) is 9.52 Å². The normalized spacial score (nSPS) is 14.4.